The first kappa shape index (κ1) is 15.9. The first-order chi connectivity index (χ1) is 10.5. The van der Waals surface area contributed by atoms with Crippen LogP contribution < -0.4 is 10.2 Å². The predicted octanol–water partition coefficient (Wildman–Crippen LogP) is 3.08. The van der Waals surface area contributed by atoms with Crippen LogP contribution >= 0.6 is 0 Å². The Morgan fingerprint density at radius 1 is 1.23 bits per heavy atom. The first-order valence-electron chi connectivity index (χ1n) is 7.50. The van der Waals surface area contributed by atoms with Crippen LogP contribution in [0.1, 0.15) is 37.1 Å². The molecule has 2 aromatic rings. The quantitative estimate of drug-likeness (QED) is 0.921. The molecule has 1 aromatic heterocycles. The van der Waals surface area contributed by atoms with Crippen molar-refractivity contribution >= 4 is 17.4 Å². The van der Waals surface area contributed by atoms with Gasteiger partial charge in [0, 0.05) is 24.3 Å². The highest BCUT2D eigenvalue weighted by Gasteiger charge is 2.15. The summed E-state index contributed by atoms with van der Waals surface area (Å²) in [5.41, 5.74) is 1.43. The van der Waals surface area contributed by atoms with Gasteiger partial charge >= 0.3 is 0 Å². The van der Waals surface area contributed by atoms with Gasteiger partial charge in [0.15, 0.2) is 0 Å². The van der Waals surface area contributed by atoms with Crippen molar-refractivity contribution in [2.75, 3.05) is 11.4 Å². The Hall–Kier alpha value is -2.43. The van der Waals surface area contributed by atoms with E-state index in [9.17, 15) is 4.79 Å². The molecule has 0 saturated heterocycles. The van der Waals surface area contributed by atoms with Gasteiger partial charge in [0.1, 0.15) is 17.3 Å². The Bertz CT molecular complexity index is 640. The van der Waals surface area contributed by atoms with E-state index in [-0.39, 0.29) is 11.9 Å². The molecule has 0 saturated carbocycles. The molecule has 1 aromatic carbocycles. The van der Waals surface area contributed by atoms with Crippen molar-refractivity contribution < 1.29 is 4.79 Å². The molecule has 0 fully saturated rings. The molecular weight excluding hydrogens is 276 g/mol. The Labute approximate surface area is 131 Å². The maximum Gasteiger partial charge on any atom is 0.270 e. The van der Waals surface area contributed by atoms with Crippen LogP contribution in [0.4, 0.5) is 11.5 Å². The number of hydrogen-bond donors (Lipinski definition) is 1. The van der Waals surface area contributed by atoms with E-state index in [0.29, 0.717) is 11.5 Å². The number of amides is 1. The summed E-state index contributed by atoms with van der Waals surface area (Å²) in [6, 6.07) is 11.8. The minimum atomic E-state index is -0.175. The van der Waals surface area contributed by atoms with Gasteiger partial charge in [-0.15, -0.1) is 0 Å². The van der Waals surface area contributed by atoms with Crippen molar-refractivity contribution in [2.45, 2.75) is 33.7 Å². The second kappa shape index (κ2) is 7.02. The van der Waals surface area contributed by atoms with Crippen molar-refractivity contribution in [1.29, 1.82) is 0 Å². The number of nitrogens with one attached hydrogen (secondary N) is 1. The van der Waals surface area contributed by atoms with Gasteiger partial charge in [-0.3, -0.25) is 4.79 Å². The van der Waals surface area contributed by atoms with Crippen LogP contribution in [0.3, 0.4) is 0 Å². The van der Waals surface area contributed by atoms with Crippen LogP contribution in [0.5, 0.6) is 0 Å². The van der Waals surface area contributed by atoms with E-state index >= 15 is 0 Å². The number of rotatable bonds is 5. The smallest absolute Gasteiger partial charge is 0.270 e. The average Bonchev–Trinajstić information content (AvgIpc) is 2.48. The maximum absolute atomic E-state index is 12.2. The number of para-hydroxylation sites is 1. The lowest BCUT2D eigenvalue weighted by atomic mass is 10.2. The summed E-state index contributed by atoms with van der Waals surface area (Å²) in [7, 11) is 0. The van der Waals surface area contributed by atoms with Crippen LogP contribution in [0.15, 0.2) is 36.4 Å². The summed E-state index contributed by atoms with van der Waals surface area (Å²) in [5, 5.41) is 2.86. The maximum atomic E-state index is 12.2. The summed E-state index contributed by atoms with van der Waals surface area (Å²) < 4.78 is 0. The van der Waals surface area contributed by atoms with Crippen LogP contribution in [0, 0.1) is 6.92 Å². The lowest BCUT2D eigenvalue weighted by Gasteiger charge is -2.22. The Kier molecular flexibility index (Phi) is 5.09. The van der Waals surface area contributed by atoms with E-state index in [0.717, 1.165) is 18.1 Å². The van der Waals surface area contributed by atoms with Gasteiger partial charge in [0.05, 0.1) is 0 Å². The third-order valence-corrected chi connectivity index (χ3v) is 3.14. The SMILES string of the molecule is CCN(c1ccccc1)c1cc(C(=O)NC(C)C)nc(C)n1. The van der Waals surface area contributed by atoms with E-state index in [1.54, 1.807) is 13.0 Å². The highest BCUT2D eigenvalue weighted by molar-refractivity contribution is 5.93. The topological polar surface area (TPSA) is 58.1 Å². The molecule has 0 atom stereocenters. The molecule has 1 N–H and O–H groups in total. The fraction of sp³-hybridized carbons (Fsp3) is 0.353. The zero-order valence-corrected chi connectivity index (χ0v) is 13.5. The molecule has 0 unspecified atom stereocenters. The summed E-state index contributed by atoms with van der Waals surface area (Å²) in [5.74, 6) is 1.14. The Balaban J connectivity index is 2.38. The third-order valence-electron chi connectivity index (χ3n) is 3.14. The van der Waals surface area contributed by atoms with E-state index in [1.807, 2.05) is 44.2 Å². The number of carbonyl (C=O) groups is 1. The molecule has 0 radical (unpaired) electrons. The minimum absolute atomic E-state index is 0.0719. The zero-order valence-electron chi connectivity index (χ0n) is 13.5. The largest absolute Gasteiger partial charge is 0.349 e. The molecule has 1 amide bonds. The number of hydrogen-bond acceptors (Lipinski definition) is 4. The molecule has 0 bridgehead atoms. The van der Waals surface area contributed by atoms with E-state index < -0.39 is 0 Å². The average molecular weight is 298 g/mol. The van der Waals surface area contributed by atoms with Gasteiger partial charge in [-0.25, -0.2) is 9.97 Å². The lowest BCUT2D eigenvalue weighted by Crippen LogP contribution is -2.31. The molecule has 0 aliphatic heterocycles. The molecule has 1 heterocycles. The molecule has 0 spiro atoms. The standard InChI is InChI=1S/C17H22N4O/c1-5-21(14-9-7-6-8-10-14)16-11-15(19-13(4)20-16)17(22)18-12(2)3/h6-12H,5H2,1-4H3,(H,18,22). The van der Waals surface area contributed by atoms with Crippen molar-refractivity contribution in [3.63, 3.8) is 0 Å². The summed E-state index contributed by atoms with van der Waals surface area (Å²) in [6.45, 7) is 8.46. The van der Waals surface area contributed by atoms with Gasteiger partial charge < -0.3 is 10.2 Å². The molecule has 0 aliphatic carbocycles. The third kappa shape index (κ3) is 3.81. The lowest BCUT2D eigenvalue weighted by molar-refractivity contribution is 0.0937. The van der Waals surface area contributed by atoms with Gasteiger partial charge in [-0.2, -0.15) is 0 Å². The fourth-order valence-corrected chi connectivity index (χ4v) is 2.23. The van der Waals surface area contributed by atoms with Gasteiger partial charge in [0.2, 0.25) is 0 Å². The fourth-order valence-electron chi connectivity index (χ4n) is 2.23. The summed E-state index contributed by atoms with van der Waals surface area (Å²) >= 11 is 0. The Morgan fingerprint density at radius 2 is 1.91 bits per heavy atom. The highest BCUT2D eigenvalue weighted by Crippen LogP contribution is 2.23. The molecule has 0 aliphatic rings. The zero-order chi connectivity index (χ0) is 16.1. The van der Waals surface area contributed by atoms with E-state index in [4.69, 9.17) is 0 Å². The van der Waals surface area contributed by atoms with E-state index in [1.165, 1.54) is 0 Å². The molecule has 22 heavy (non-hydrogen) atoms. The van der Waals surface area contributed by atoms with Gasteiger partial charge in [0.25, 0.3) is 5.91 Å². The van der Waals surface area contributed by atoms with Crippen molar-refractivity contribution in [3.05, 3.63) is 47.9 Å². The van der Waals surface area contributed by atoms with Crippen LogP contribution in [0.25, 0.3) is 0 Å². The number of nitrogens with zero attached hydrogens (tertiary/aromatic N) is 3. The number of aromatic nitrogens is 2. The van der Waals surface area contributed by atoms with Crippen molar-refractivity contribution in [3.8, 4) is 0 Å². The van der Waals surface area contributed by atoms with Crippen molar-refractivity contribution in [2.24, 2.45) is 0 Å². The molecular formula is C17H22N4O. The molecule has 2 rings (SSSR count). The number of anilines is 2. The number of benzene rings is 1. The summed E-state index contributed by atoms with van der Waals surface area (Å²) in [4.78, 5) is 23.0. The van der Waals surface area contributed by atoms with Crippen molar-refractivity contribution in [1.82, 2.24) is 15.3 Å². The monoisotopic (exact) mass is 298 g/mol. The molecule has 5 nitrogen and oxygen atoms in total. The summed E-state index contributed by atoms with van der Waals surface area (Å²) in [6.07, 6.45) is 0. The first-order valence-corrected chi connectivity index (χ1v) is 7.50. The number of aryl methyl sites for hydroxylation is 1. The molecule has 116 valence electrons. The number of carbonyl (C=O) groups excluding carboxylic acids is 1. The van der Waals surface area contributed by atoms with E-state index in [2.05, 4.69) is 27.1 Å². The van der Waals surface area contributed by atoms with Crippen LogP contribution in [0.2, 0.25) is 0 Å². The second-order valence-corrected chi connectivity index (χ2v) is 5.37. The highest BCUT2D eigenvalue weighted by atomic mass is 16.1. The van der Waals surface area contributed by atoms with Gasteiger partial charge in [-0.05, 0) is 39.8 Å². The minimum Gasteiger partial charge on any atom is -0.349 e. The molecule has 5 heteroatoms. The Morgan fingerprint density at radius 3 is 2.50 bits per heavy atom. The van der Waals surface area contributed by atoms with Crippen LogP contribution in [-0.2, 0) is 0 Å². The van der Waals surface area contributed by atoms with Crippen LogP contribution in [-0.4, -0.2) is 28.5 Å². The van der Waals surface area contributed by atoms with Gasteiger partial charge in [-0.1, -0.05) is 18.2 Å². The second-order valence-electron chi connectivity index (χ2n) is 5.37. The predicted molar refractivity (Wildman–Crippen MR) is 88.5 cm³/mol. The normalized spacial score (nSPS) is 10.6.